The fourth-order valence-corrected chi connectivity index (χ4v) is 4.61. The summed E-state index contributed by atoms with van der Waals surface area (Å²) in [7, 11) is 0. The summed E-state index contributed by atoms with van der Waals surface area (Å²) in [5.74, 6) is 0.00527. The summed E-state index contributed by atoms with van der Waals surface area (Å²) in [5.41, 5.74) is 9.96. The third kappa shape index (κ3) is 5.62. The molecule has 0 aliphatic rings. The summed E-state index contributed by atoms with van der Waals surface area (Å²) in [6, 6.07) is 19.6. The first-order valence-electron chi connectivity index (χ1n) is 12.9. The number of hydrogen-bond donors (Lipinski definition) is 2. The monoisotopic (exact) mass is 507 g/mol. The van der Waals surface area contributed by atoms with Gasteiger partial charge in [0.2, 0.25) is 0 Å². The Hall–Kier alpha value is -3.99. The number of aryl methyl sites for hydroxylation is 2. The number of nitrogens with one attached hydrogen (secondary N) is 1. The molecule has 0 unspecified atom stereocenters. The van der Waals surface area contributed by atoms with Crippen molar-refractivity contribution >= 4 is 23.0 Å². The number of amides is 1. The molecule has 0 saturated carbocycles. The van der Waals surface area contributed by atoms with Crippen LogP contribution in [-0.4, -0.2) is 22.2 Å². The number of fused-ring (bicyclic) bond motifs is 1. The molecule has 1 heterocycles. The Morgan fingerprint density at radius 3 is 2.16 bits per heavy atom. The fraction of sp³-hybridized carbons (Fsp3) is 0.303. The summed E-state index contributed by atoms with van der Waals surface area (Å²) >= 11 is 0. The minimum atomic E-state index is -0.308. The van der Waals surface area contributed by atoms with Crippen LogP contribution in [0, 0.1) is 13.8 Å². The fourth-order valence-electron chi connectivity index (χ4n) is 4.61. The molecule has 0 radical (unpaired) electrons. The van der Waals surface area contributed by atoms with Crippen molar-refractivity contribution in [3.63, 3.8) is 0 Å². The Bertz CT molecular complexity index is 1520. The van der Waals surface area contributed by atoms with Crippen molar-refractivity contribution in [1.29, 1.82) is 0 Å². The number of rotatable bonds is 4. The van der Waals surface area contributed by atoms with Gasteiger partial charge in [-0.05, 0) is 66.1 Å². The van der Waals surface area contributed by atoms with E-state index in [2.05, 4.69) is 70.3 Å². The van der Waals surface area contributed by atoms with Gasteiger partial charge in [-0.3, -0.25) is 4.79 Å². The molecule has 196 valence electrons. The summed E-state index contributed by atoms with van der Waals surface area (Å²) in [5, 5.41) is 16.1. The zero-order valence-corrected chi connectivity index (χ0v) is 23.6. The molecule has 0 atom stereocenters. The van der Waals surface area contributed by atoms with Crippen LogP contribution in [0.25, 0.3) is 22.2 Å². The van der Waals surface area contributed by atoms with Crippen molar-refractivity contribution in [2.75, 3.05) is 0 Å². The Labute approximate surface area is 225 Å². The highest BCUT2D eigenvalue weighted by atomic mass is 16.3. The number of hydrazone groups is 1. The summed E-state index contributed by atoms with van der Waals surface area (Å²) in [6.07, 6.45) is 1.64. The normalized spacial score (nSPS) is 12.3. The number of phenols is 1. The van der Waals surface area contributed by atoms with Gasteiger partial charge < -0.3 is 5.11 Å². The maximum absolute atomic E-state index is 13.4. The number of benzene rings is 3. The number of carbonyl (C=O) groups excluding carboxylic acids is 1. The highest BCUT2D eigenvalue weighted by molar-refractivity contribution is 6.07. The summed E-state index contributed by atoms with van der Waals surface area (Å²) in [6.45, 7) is 16.5. The van der Waals surface area contributed by atoms with Crippen LogP contribution >= 0.6 is 0 Å². The number of carbonyl (C=O) groups is 1. The Kier molecular flexibility index (Phi) is 7.16. The van der Waals surface area contributed by atoms with Crippen LogP contribution in [0.1, 0.15) is 79.7 Å². The first-order chi connectivity index (χ1) is 17.8. The molecule has 4 rings (SSSR count). The van der Waals surface area contributed by atoms with E-state index < -0.39 is 0 Å². The van der Waals surface area contributed by atoms with E-state index in [-0.39, 0.29) is 16.7 Å². The predicted molar refractivity (Wildman–Crippen MR) is 157 cm³/mol. The van der Waals surface area contributed by atoms with Crippen LogP contribution in [0.3, 0.4) is 0 Å². The van der Waals surface area contributed by atoms with Crippen molar-refractivity contribution < 1.29 is 9.90 Å². The van der Waals surface area contributed by atoms with E-state index in [9.17, 15) is 9.90 Å². The van der Waals surface area contributed by atoms with E-state index in [1.165, 1.54) is 0 Å². The Balaban J connectivity index is 1.71. The first kappa shape index (κ1) is 27.1. The third-order valence-corrected chi connectivity index (χ3v) is 6.76. The van der Waals surface area contributed by atoms with Gasteiger partial charge in [0, 0.05) is 22.1 Å². The number of nitrogens with zero attached hydrogens (tertiary/aromatic N) is 2. The lowest BCUT2D eigenvalue weighted by Crippen LogP contribution is -2.19. The van der Waals surface area contributed by atoms with Crippen LogP contribution in [-0.2, 0) is 10.8 Å². The van der Waals surface area contributed by atoms with Gasteiger partial charge in [0.25, 0.3) is 5.91 Å². The number of para-hydroxylation sites is 1. The lowest BCUT2D eigenvalue weighted by Gasteiger charge is -2.27. The van der Waals surface area contributed by atoms with E-state index in [0.29, 0.717) is 11.3 Å². The quantitative estimate of drug-likeness (QED) is 0.221. The average molecular weight is 508 g/mol. The van der Waals surface area contributed by atoms with Crippen molar-refractivity contribution in [2.24, 2.45) is 5.10 Å². The lowest BCUT2D eigenvalue weighted by atomic mass is 9.78. The van der Waals surface area contributed by atoms with Crippen molar-refractivity contribution in [2.45, 2.75) is 66.2 Å². The molecule has 1 aromatic heterocycles. The largest absolute Gasteiger partial charge is 0.507 e. The van der Waals surface area contributed by atoms with Crippen LogP contribution < -0.4 is 5.43 Å². The molecule has 5 heteroatoms. The maximum atomic E-state index is 13.4. The minimum Gasteiger partial charge on any atom is -0.507 e. The van der Waals surface area contributed by atoms with Crippen molar-refractivity contribution in [1.82, 2.24) is 10.4 Å². The number of phenolic OH excluding ortho intramolecular Hbond substituents is 1. The minimum absolute atomic E-state index is 0.253. The molecule has 3 aromatic carbocycles. The average Bonchev–Trinajstić information content (AvgIpc) is 2.84. The van der Waals surface area contributed by atoms with Crippen LogP contribution in [0.2, 0.25) is 0 Å². The van der Waals surface area contributed by atoms with Gasteiger partial charge in [0.15, 0.2) is 0 Å². The topological polar surface area (TPSA) is 74.6 Å². The van der Waals surface area contributed by atoms with E-state index >= 15 is 0 Å². The predicted octanol–water partition coefficient (Wildman–Crippen LogP) is 7.58. The molecule has 0 saturated heterocycles. The highest BCUT2D eigenvalue weighted by Gasteiger charge is 2.26. The molecule has 0 aliphatic heterocycles. The smallest absolute Gasteiger partial charge is 0.272 e. The number of hydrogen-bond acceptors (Lipinski definition) is 4. The molecule has 1 amide bonds. The number of aromatic nitrogens is 1. The zero-order valence-electron chi connectivity index (χ0n) is 23.6. The summed E-state index contributed by atoms with van der Waals surface area (Å²) in [4.78, 5) is 18.2. The molecule has 2 N–H and O–H groups in total. The Morgan fingerprint density at radius 2 is 1.53 bits per heavy atom. The molecule has 38 heavy (non-hydrogen) atoms. The zero-order chi connectivity index (χ0) is 27.8. The molecule has 0 aliphatic carbocycles. The van der Waals surface area contributed by atoms with Crippen LogP contribution in [0.4, 0.5) is 0 Å². The number of aromatic hydroxyl groups is 1. The SMILES string of the molecule is Cc1ccc(C)c(-c2cc(C(=O)NN=Cc3cc(C(C)(C)C)c(O)c(C(C)(C)C)c3)c3ccccc3n2)c1. The van der Waals surface area contributed by atoms with E-state index in [4.69, 9.17) is 4.98 Å². The molecule has 0 bridgehead atoms. The molecule has 4 aromatic rings. The van der Waals surface area contributed by atoms with Crippen LogP contribution in [0.5, 0.6) is 5.75 Å². The van der Waals surface area contributed by atoms with Crippen molar-refractivity contribution in [3.05, 3.63) is 94.0 Å². The van der Waals surface area contributed by atoms with Crippen molar-refractivity contribution in [3.8, 4) is 17.0 Å². The first-order valence-corrected chi connectivity index (χ1v) is 12.9. The standard InChI is InChI=1S/C33H37N3O2/c1-20-13-14-21(2)24(15-20)29-18-25(23-11-9-10-12-28(23)35-29)31(38)36-34-19-22-16-26(32(3,4)5)30(37)27(17-22)33(6,7)8/h9-19,37H,1-8H3,(H,36,38). The Morgan fingerprint density at radius 1 is 0.895 bits per heavy atom. The van der Waals surface area contributed by atoms with E-state index in [0.717, 1.165) is 50.0 Å². The maximum Gasteiger partial charge on any atom is 0.272 e. The molecular weight excluding hydrogens is 470 g/mol. The number of pyridine rings is 1. The molecule has 0 spiro atoms. The lowest BCUT2D eigenvalue weighted by molar-refractivity contribution is 0.0956. The van der Waals surface area contributed by atoms with Crippen LogP contribution in [0.15, 0.2) is 65.8 Å². The van der Waals surface area contributed by atoms with Gasteiger partial charge in [0.05, 0.1) is 23.0 Å². The van der Waals surface area contributed by atoms with Gasteiger partial charge in [-0.2, -0.15) is 5.10 Å². The summed E-state index contributed by atoms with van der Waals surface area (Å²) < 4.78 is 0. The second-order valence-corrected chi connectivity index (χ2v) is 12.1. The second kappa shape index (κ2) is 10.1. The molecular formula is C33H37N3O2. The molecule has 0 fully saturated rings. The van der Waals surface area contributed by atoms with Gasteiger partial charge in [-0.25, -0.2) is 10.4 Å². The van der Waals surface area contributed by atoms with E-state index in [1.54, 1.807) is 6.21 Å². The second-order valence-electron chi connectivity index (χ2n) is 12.1. The van der Waals surface area contributed by atoms with E-state index in [1.807, 2.05) is 56.3 Å². The van der Waals surface area contributed by atoms with Gasteiger partial charge >= 0.3 is 0 Å². The third-order valence-electron chi connectivity index (χ3n) is 6.76. The highest BCUT2D eigenvalue weighted by Crippen LogP contribution is 2.39. The molecule has 5 nitrogen and oxygen atoms in total. The van der Waals surface area contributed by atoms with Gasteiger partial charge in [-0.15, -0.1) is 0 Å². The van der Waals surface area contributed by atoms with Gasteiger partial charge in [-0.1, -0.05) is 77.4 Å². The van der Waals surface area contributed by atoms with Gasteiger partial charge in [0.1, 0.15) is 5.75 Å².